The normalized spacial score (nSPS) is 11.5. The van der Waals surface area contributed by atoms with Crippen LogP contribution >= 0.6 is 0 Å². The molecule has 13 aromatic heterocycles. The largest absolute Gasteiger partial charge is 0.254 e. The average Bonchev–Trinajstić information content (AvgIpc) is 0.800. The van der Waals surface area contributed by atoms with Gasteiger partial charge in [0.25, 0.3) is 0 Å². The first-order valence-electron chi connectivity index (χ1n) is 33.6. The van der Waals surface area contributed by atoms with Crippen molar-refractivity contribution in [1.82, 2.24) is 64.8 Å². The maximum absolute atomic E-state index is 5.01. The van der Waals surface area contributed by atoms with Crippen molar-refractivity contribution in [3.63, 3.8) is 0 Å². The molecule has 0 spiro atoms. The first-order chi connectivity index (χ1) is 50.5. The Bertz CT molecular complexity index is 6240. The molecule has 0 bridgehead atoms. The van der Waals surface area contributed by atoms with E-state index in [2.05, 4.69) is 248 Å². The number of fused-ring (bicyclic) bond motifs is 18. The Balaban J connectivity index is 0.000000106. The molecule has 13 heterocycles. The molecule has 0 aliphatic rings. The van der Waals surface area contributed by atoms with Gasteiger partial charge in [0.15, 0.2) is 0 Å². The van der Waals surface area contributed by atoms with Crippen LogP contribution in [0.4, 0.5) is 0 Å². The molecule has 0 amide bonds. The van der Waals surface area contributed by atoms with Gasteiger partial charge in [-0.15, -0.1) is 0 Å². The van der Waals surface area contributed by atoms with E-state index in [1.807, 2.05) is 91.5 Å². The van der Waals surface area contributed by atoms with E-state index in [0.29, 0.717) is 0 Å². The maximum Gasteiger partial charge on any atom is 0.0972 e. The molecular formula is C89H53N13. The summed E-state index contributed by atoms with van der Waals surface area (Å²) in [6.07, 6.45) is 10.9. The van der Waals surface area contributed by atoms with Gasteiger partial charge >= 0.3 is 0 Å². The van der Waals surface area contributed by atoms with Crippen molar-refractivity contribution in [2.75, 3.05) is 0 Å². The zero-order valence-electron chi connectivity index (χ0n) is 54.4. The summed E-state index contributed by atoms with van der Waals surface area (Å²) in [5, 5.41) is 13.0. The van der Waals surface area contributed by atoms with Crippen molar-refractivity contribution in [3.05, 3.63) is 322 Å². The lowest BCUT2D eigenvalue weighted by molar-refractivity contribution is 1.25. The summed E-state index contributed by atoms with van der Waals surface area (Å²) in [7, 11) is 0. The van der Waals surface area contributed by atoms with Gasteiger partial charge in [-0.1, -0.05) is 194 Å². The van der Waals surface area contributed by atoms with E-state index >= 15 is 0 Å². The fourth-order valence-corrected chi connectivity index (χ4v) is 13.6. The number of hydrogen-bond donors (Lipinski definition) is 0. The van der Waals surface area contributed by atoms with Crippen LogP contribution in [0.3, 0.4) is 0 Å². The van der Waals surface area contributed by atoms with Crippen LogP contribution in [0.1, 0.15) is 0 Å². The molecule has 0 atom stereocenters. The van der Waals surface area contributed by atoms with Crippen LogP contribution in [-0.2, 0) is 0 Å². The summed E-state index contributed by atoms with van der Waals surface area (Å²) < 4.78 is 0. The Morgan fingerprint density at radius 3 is 0.588 bits per heavy atom. The van der Waals surface area contributed by atoms with Crippen molar-refractivity contribution in [2.24, 2.45) is 0 Å². The molecule has 8 aromatic carbocycles. The summed E-state index contributed by atoms with van der Waals surface area (Å²) in [6, 6.07) is 96.9. The van der Waals surface area contributed by atoms with E-state index in [1.165, 1.54) is 0 Å². The number of aromatic nitrogens is 13. The summed E-state index contributed by atoms with van der Waals surface area (Å²) >= 11 is 0. The maximum atomic E-state index is 5.01. The Kier molecular flexibility index (Phi) is 14.5. The van der Waals surface area contributed by atoms with Crippen LogP contribution < -0.4 is 0 Å². The SMILES string of the molecule is c1cc(-c2ccc3ccc4cccnc4c3n2)cc(-c2ccc3ccc4cccnc4c3n2)c1.c1cc(-c2ccc3ccc4cccnc4c3n2)nc(-c2ccc3ccc4cccnc4c3n2)c1.c1cnc2c(c1)ccc1ccc(-c3ccc(-c4ccc5ccc6cccnc6c5n4)cc3)nc12. The molecule has 21 rings (SSSR count). The molecular weight excluding hydrogens is 1250 g/mol. The van der Waals surface area contributed by atoms with E-state index in [-0.39, 0.29) is 0 Å². The monoisotopic (exact) mass is 1300 g/mol. The highest BCUT2D eigenvalue weighted by molar-refractivity contribution is 6.08. The Morgan fingerprint density at radius 2 is 0.324 bits per heavy atom. The molecule has 0 saturated carbocycles. The first-order valence-corrected chi connectivity index (χ1v) is 33.6. The molecule has 13 nitrogen and oxygen atoms in total. The highest BCUT2D eigenvalue weighted by Crippen LogP contribution is 2.35. The van der Waals surface area contributed by atoms with Gasteiger partial charge in [-0.2, -0.15) is 0 Å². The standard InChI is InChI=1S/2C30H18N4.C29H17N5/c1-4-23(25-14-12-21-10-8-19-6-2-16-31-27(19)29(21)33-25)18-24(5-1)26-15-13-22-11-9-20-7-3-17-32-28(20)30(22)34-26;1-3-21-9-11-23-13-15-25(33-29(23)27(21)31-17-1)19-5-7-20(8-6-19)26-16-14-24-12-10-22-4-2-18-32-28(22)30(24)34-26;1-6-22(24-14-12-20-10-8-18-4-2-16-30-26(18)28(20)33-24)32-23(7-1)25-15-13-21-11-9-19-5-3-17-31-27(19)29(21)34-25/h2*1-18H;1-17H. The summed E-state index contributed by atoms with van der Waals surface area (Å²) in [6.45, 7) is 0. The molecule has 0 unspecified atom stereocenters. The number of hydrogen-bond acceptors (Lipinski definition) is 13. The lowest BCUT2D eigenvalue weighted by Gasteiger charge is -2.09. The average molecular weight is 1300 g/mol. The van der Waals surface area contributed by atoms with Crippen LogP contribution in [0.15, 0.2) is 322 Å². The van der Waals surface area contributed by atoms with Crippen LogP contribution in [0, 0.1) is 0 Å². The molecule has 0 saturated heterocycles. The van der Waals surface area contributed by atoms with E-state index in [0.717, 1.165) is 199 Å². The summed E-state index contributed by atoms with van der Waals surface area (Å²) in [5.41, 5.74) is 22.1. The molecule has 21 aromatic rings. The summed E-state index contributed by atoms with van der Waals surface area (Å²) in [4.78, 5) is 62.2. The van der Waals surface area contributed by atoms with Crippen molar-refractivity contribution in [1.29, 1.82) is 0 Å². The van der Waals surface area contributed by atoms with Crippen LogP contribution in [0.2, 0.25) is 0 Å². The molecule has 0 fully saturated rings. The Labute approximate surface area is 582 Å². The van der Waals surface area contributed by atoms with Gasteiger partial charge in [-0.25, -0.2) is 34.9 Å². The molecule has 0 N–H and O–H groups in total. The third kappa shape index (κ3) is 10.9. The predicted octanol–water partition coefficient (Wildman–Crippen LogP) is 21.0. The fraction of sp³-hybridized carbons (Fsp3) is 0. The zero-order chi connectivity index (χ0) is 67.5. The van der Waals surface area contributed by atoms with Gasteiger partial charge in [0.05, 0.1) is 112 Å². The lowest BCUT2D eigenvalue weighted by Crippen LogP contribution is -1.94. The van der Waals surface area contributed by atoms with Crippen molar-refractivity contribution < 1.29 is 0 Å². The van der Waals surface area contributed by atoms with E-state index < -0.39 is 0 Å². The number of rotatable bonds is 6. The van der Waals surface area contributed by atoms with Gasteiger partial charge < -0.3 is 0 Å². The molecule has 13 heteroatoms. The second kappa shape index (κ2) is 25.0. The van der Waals surface area contributed by atoms with Crippen molar-refractivity contribution in [3.8, 4) is 67.8 Å². The molecule has 474 valence electrons. The number of nitrogens with zero attached hydrogens (tertiary/aromatic N) is 13. The molecule has 0 radical (unpaired) electrons. The highest BCUT2D eigenvalue weighted by Gasteiger charge is 2.15. The van der Waals surface area contributed by atoms with Crippen LogP contribution in [0.25, 0.3) is 199 Å². The van der Waals surface area contributed by atoms with E-state index in [9.17, 15) is 0 Å². The third-order valence-electron chi connectivity index (χ3n) is 18.8. The van der Waals surface area contributed by atoms with Gasteiger partial charge in [0.2, 0.25) is 0 Å². The second-order valence-corrected chi connectivity index (χ2v) is 25.0. The smallest absolute Gasteiger partial charge is 0.0972 e. The minimum absolute atomic E-state index is 0.797. The number of pyridine rings is 13. The van der Waals surface area contributed by atoms with E-state index in [1.54, 1.807) is 12.4 Å². The minimum atomic E-state index is 0.797. The molecule has 102 heavy (non-hydrogen) atoms. The highest BCUT2D eigenvalue weighted by atomic mass is 14.8. The predicted molar refractivity (Wildman–Crippen MR) is 413 cm³/mol. The summed E-state index contributed by atoms with van der Waals surface area (Å²) in [5.74, 6) is 0. The third-order valence-corrected chi connectivity index (χ3v) is 18.8. The van der Waals surface area contributed by atoms with E-state index in [4.69, 9.17) is 34.9 Å². The second-order valence-electron chi connectivity index (χ2n) is 25.0. The lowest BCUT2D eigenvalue weighted by atomic mass is 10.0. The van der Waals surface area contributed by atoms with Gasteiger partial charge in [0.1, 0.15) is 0 Å². The van der Waals surface area contributed by atoms with Crippen LogP contribution in [-0.4, -0.2) is 64.8 Å². The topological polar surface area (TPSA) is 168 Å². The van der Waals surface area contributed by atoms with Crippen molar-refractivity contribution in [2.45, 2.75) is 0 Å². The minimum Gasteiger partial charge on any atom is -0.254 e. The zero-order valence-corrected chi connectivity index (χ0v) is 54.4. The van der Waals surface area contributed by atoms with Gasteiger partial charge in [0, 0.05) is 124 Å². The molecule has 0 aliphatic carbocycles. The van der Waals surface area contributed by atoms with Crippen molar-refractivity contribution >= 4 is 131 Å². The Morgan fingerprint density at radius 1 is 0.127 bits per heavy atom. The first kappa shape index (κ1) is 59.1. The quantitative estimate of drug-likeness (QED) is 0.144. The number of benzene rings is 8. The van der Waals surface area contributed by atoms with Crippen LogP contribution in [0.5, 0.6) is 0 Å². The van der Waals surface area contributed by atoms with Gasteiger partial charge in [-0.05, 0) is 91.0 Å². The Hall–Kier alpha value is -14.2. The molecule has 0 aliphatic heterocycles. The van der Waals surface area contributed by atoms with Gasteiger partial charge in [-0.3, -0.25) is 29.9 Å². The fourth-order valence-electron chi connectivity index (χ4n) is 13.6.